The Bertz CT molecular complexity index is 340. The van der Waals surface area contributed by atoms with Gasteiger partial charge in [0.2, 0.25) is 5.91 Å². The largest absolute Gasteiger partial charge is 0.368 e. The Morgan fingerprint density at radius 1 is 1.30 bits per heavy atom. The van der Waals surface area contributed by atoms with Crippen LogP contribution in [0.4, 0.5) is 0 Å². The Morgan fingerprint density at radius 2 is 1.85 bits per heavy atom. The van der Waals surface area contributed by atoms with Gasteiger partial charge in [-0.2, -0.15) is 0 Å². The fraction of sp³-hybridized carbons (Fsp3) is 0.938. The average molecular weight is 281 g/mol. The summed E-state index contributed by atoms with van der Waals surface area (Å²) >= 11 is 0. The van der Waals surface area contributed by atoms with E-state index in [-0.39, 0.29) is 5.91 Å². The van der Waals surface area contributed by atoms with Crippen molar-refractivity contribution in [1.29, 1.82) is 0 Å². The molecule has 2 fully saturated rings. The van der Waals surface area contributed by atoms with Crippen molar-refractivity contribution >= 4 is 5.91 Å². The minimum Gasteiger partial charge on any atom is -0.368 e. The van der Waals surface area contributed by atoms with Crippen LogP contribution in [0.15, 0.2) is 0 Å². The van der Waals surface area contributed by atoms with Crippen molar-refractivity contribution in [2.45, 2.75) is 70.9 Å². The van der Waals surface area contributed by atoms with E-state index in [9.17, 15) is 4.79 Å². The average Bonchev–Trinajstić information content (AvgIpc) is 3.23. The number of carbonyl (C=O) groups is 1. The summed E-state index contributed by atoms with van der Waals surface area (Å²) in [5.74, 6) is -0.216. The SMILES string of the molecule is CCC1(CC)CCN(CC(C)(NC2CC2)C(N)=O)CC1. The van der Waals surface area contributed by atoms with Gasteiger partial charge < -0.3 is 10.6 Å². The summed E-state index contributed by atoms with van der Waals surface area (Å²) in [7, 11) is 0. The Kier molecular flexibility index (Phi) is 4.75. The molecule has 0 radical (unpaired) electrons. The molecule has 4 nitrogen and oxygen atoms in total. The van der Waals surface area contributed by atoms with E-state index in [1.54, 1.807) is 0 Å². The Morgan fingerprint density at radius 3 is 2.25 bits per heavy atom. The molecule has 116 valence electrons. The lowest BCUT2D eigenvalue weighted by molar-refractivity contribution is -0.125. The van der Waals surface area contributed by atoms with Crippen LogP contribution in [0.1, 0.15) is 59.3 Å². The lowest BCUT2D eigenvalue weighted by Gasteiger charge is -2.43. The molecule has 2 aliphatic rings. The number of primary amides is 1. The molecule has 1 amide bonds. The molecule has 0 aromatic heterocycles. The first-order valence-corrected chi connectivity index (χ1v) is 8.23. The third kappa shape index (κ3) is 3.53. The number of rotatable bonds is 7. The number of likely N-dealkylation sites (tertiary alicyclic amines) is 1. The molecule has 1 atom stereocenters. The van der Waals surface area contributed by atoms with Crippen molar-refractivity contribution in [2.24, 2.45) is 11.1 Å². The number of carbonyl (C=O) groups excluding carboxylic acids is 1. The predicted octanol–water partition coefficient (Wildman–Crippen LogP) is 1.88. The van der Waals surface area contributed by atoms with Crippen LogP contribution >= 0.6 is 0 Å². The molecule has 4 heteroatoms. The Balaban J connectivity index is 1.90. The van der Waals surface area contributed by atoms with Crippen molar-refractivity contribution in [3.8, 4) is 0 Å². The van der Waals surface area contributed by atoms with Gasteiger partial charge in [0.25, 0.3) is 0 Å². The molecule has 0 aromatic rings. The van der Waals surface area contributed by atoms with Crippen LogP contribution in [0, 0.1) is 5.41 Å². The quantitative estimate of drug-likeness (QED) is 0.749. The molecule has 0 bridgehead atoms. The summed E-state index contributed by atoms with van der Waals surface area (Å²) in [6, 6.07) is 0.502. The van der Waals surface area contributed by atoms with Gasteiger partial charge in [0.05, 0.1) is 0 Å². The lowest BCUT2D eigenvalue weighted by atomic mass is 9.74. The van der Waals surface area contributed by atoms with Crippen molar-refractivity contribution < 1.29 is 4.79 Å². The van der Waals surface area contributed by atoms with Crippen molar-refractivity contribution in [2.75, 3.05) is 19.6 Å². The highest BCUT2D eigenvalue weighted by Crippen LogP contribution is 2.38. The van der Waals surface area contributed by atoms with E-state index in [0.717, 1.165) is 19.6 Å². The van der Waals surface area contributed by atoms with Gasteiger partial charge in [0.1, 0.15) is 5.54 Å². The molecule has 1 saturated carbocycles. The third-order valence-corrected chi connectivity index (χ3v) is 5.60. The predicted molar refractivity (Wildman–Crippen MR) is 82.4 cm³/mol. The van der Waals surface area contributed by atoms with Crippen LogP contribution in [-0.2, 0) is 4.79 Å². The normalized spacial score (nSPS) is 26.1. The number of nitrogens with zero attached hydrogens (tertiary/aromatic N) is 1. The number of piperidine rings is 1. The van der Waals surface area contributed by atoms with Gasteiger partial charge in [-0.25, -0.2) is 0 Å². The van der Waals surface area contributed by atoms with Crippen molar-refractivity contribution in [3.05, 3.63) is 0 Å². The topological polar surface area (TPSA) is 58.4 Å². The minimum atomic E-state index is -0.570. The highest BCUT2D eigenvalue weighted by atomic mass is 16.1. The van der Waals surface area contributed by atoms with Gasteiger partial charge in [-0.05, 0) is 51.1 Å². The molecule has 20 heavy (non-hydrogen) atoms. The zero-order valence-corrected chi connectivity index (χ0v) is 13.4. The van der Waals surface area contributed by atoms with Crippen LogP contribution < -0.4 is 11.1 Å². The van der Waals surface area contributed by atoms with Crippen molar-refractivity contribution in [1.82, 2.24) is 10.2 Å². The zero-order valence-electron chi connectivity index (χ0n) is 13.4. The van der Waals surface area contributed by atoms with Crippen LogP contribution in [-0.4, -0.2) is 42.0 Å². The molecule has 1 aliphatic carbocycles. The monoisotopic (exact) mass is 281 g/mol. The van der Waals surface area contributed by atoms with Crippen molar-refractivity contribution in [3.63, 3.8) is 0 Å². The number of amides is 1. The summed E-state index contributed by atoms with van der Waals surface area (Å²) in [4.78, 5) is 14.3. The molecule has 0 spiro atoms. The molecule has 2 rings (SSSR count). The smallest absolute Gasteiger partial charge is 0.238 e. The maximum absolute atomic E-state index is 11.8. The fourth-order valence-electron chi connectivity index (χ4n) is 3.46. The number of hydrogen-bond donors (Lipinski definition) is 2. The molecular formula is C16H31N3O. The first kappa shape index (κ1) is 15.8. The zero-order chi connectivity index (χ0) is 14.8. The summed E-state index contributed by atoms with van der Waals surface area (Å²) in [6.07, 6.45) is 7.39. The Hall–Kier alpha value is -0.610. The number of nitrogens with one attached hydrogen (secondary N) is 1. The maximum Gasteiger partial charge on any atom is 0.238 e. The van der Waals surface area contributed by atoms with Gasteiger partial charge in [-0.3, -0.25) is 10.1 Å². The van der Waals surface area contributed by atoms with Gasteiger partial charge in [-0.15, -0.1) is 0 Å². The molecule has 1 aliphatic heterocycles. The summed E-state index contributed by atoms with van der Waals surface area (Å²) in [5.41, 5.74) is 5.60. The van der Waals surface area contributed by atoms with E-state index in [4.69, 9.17) is 5.73 Å². The second-order valence-electron chi connectivity index (χ2n) is 7.10. The minimum absolute atomic E-state index is 0.216. The molecular weight excluding hydrogens is 250 g/mol. The van der Waals surface area contributed by atoms with E-state index in [1.165, 1.54) is 38.5 Å². The first-order valence-electron chi connectivity index (χ1n) is 8.23. The maximum atomic E-state index is 11.8. The summed E-state index contributed by atoms with van der Waals surface area (Å²) in [6.45, 7) is 9.52. The Labute approximate surface area is 123 Å². The van der Waals surface area contributed by atoms with Gasteiger partial charge in [0.15, 0.2) is 0 Å². The molecule has 1 heterocycles. The second kappa shape index (κ2) is 6.02. The number of hydrogen-bond acceptors (Lipinski definition) is 3. The second-order valence-corrected chi connectivity index (χ2v) is 7.10. The van der Waals surface area contributed by atoms with Crippen LogP contribution in [0.5, 0.6) is 0 Å². The molecule has 0 aromatic carbocycles. The first-order chi connectivity index (χ1) is 9.43. The molecule has 3 N–H and O–H groups in total. The molecule has 1 unspecified atom stereocenters. The van der Waals surface area contributed by atoms with Crippen LogP contribution in [0.2, 0.25) is 0 Å². The fourth-order valence-corrected chi connectivity index (χ4v) is 3.46. The number of nitrogens with two attached hydrogens (primary N) is 1. The summed E-state index contributed by atoms with van der Waals surface area (Å²) < 4.78 is 0. The van der Waals surface area contributed by atoms with E-state index in [2.05, 4.69) is 24.1 Å². The van der Waals surface area contributed by atoms with Crippen LogP contribution in [0.3, 0.4) is 0 Å². The highest BCUT2D eigenvalue weighted by molar-refractivity contribution is 5.84. The van der Waals surface area contributed by atoms with E-state index in [1.807, 2.05) is 6.92 Å². The third-order valence-electron chi connectivity index (χ3n) is 5.60. The van der Waals surface area contributed by atoms with Gasteiger partial charge in [0, 0.05) is 12.6 Å². The van der Waals surface area contributed by atoms with E-state index >= 15 is 0 Å². The van der Waals surface area contributed by atoms with Gasteiger partial charge >= 0.3 is 0 Å². The van der Waals surface area contributed by atoms with Crippen LogP contribution in [0.25, 0.3) is 0 Å². The summed E-state index contributed by atoms with van der Waals surface area (Å²) in [5, 5.41) is 3.45. The lowest BCUT2D eigenvalue weighted by Crippen LogP contribution is -2.61. The van der Waals surface area contributed by atoms with Gasteiger partial charge in [-0.1, -0.05) is 26.7 Å². The van der Waals surface area contributed by atoms with E-state index in [0.29, 0.717) is 11.5 Å². The van der Waals surface area contributed by atoms with E-state index < -0.39 is 5.54 Å². The molecule has 1 saturated heterocycles. The standard InChI is InChI=1S/C16H31N3O/c1-4-16(5-2)8-10-19(11-9-16)12-15(3,14(17)20)18-13-6-7-13/h13,18H,4-12H2,1-3H3,(H2,17,20). The highest BCUT2D eigenvalue weighted by Gasteiger charge is 2.40.